The van der Waals surface area contributed by atoms with Crippen LogP contribution in [0.2, 0.25) is 0 Å². The standard InChI is InChI=1S/C12H14N4O3S/c13-12-10(6-14-15-12)20(18,19)16-11-8-4-2-1-3-7(8)5-9(11)17/h1-4,6,9,11,16-17H,5H2,(H3,13,14,15)/t9-,11+/m1/s1. The van der Waals surface area contributed by atoms with Crippen LogP contribution < -0.4 is 10.5 Å². The maximum absolute atomic E-state index is 12.3. The molecule has 106 valence electrons. The van der Waals surface area contributed by atoms with E-state index in [4.69, 9.17) is 5.73 Å². The van der Waals surface area contributed by atoms with E-state index < -0.39 is 22.2 Å². The Bertz CT molecular complexity index is 741. The zero-order valence-corrected chi connectivity index (χ0v) is 11.3. The maximum Gasteiger partial charge on any atom is 0.246 e. The molecular weight excluding hydrogens is 280 g/mol. The van der Waals surface area contributed by atoms with E-state index in [2.05, 4.69) is 14.9 Å². The quantitative estimate of drug-likeness (QED) is 0.631. The van der Waals surface area contributed by atoms with Gasteiger partial charge in [0.25, 0.3) is 0 Å². The number of aliphatic hydroxyl groups excluding tert-OH is 1. The van der Waals surface area contributed by atoms with Gasteiger partial charge in [-0.2, -0.15) is 5.10 Å². The fourth-order valence-electron chi connectivity index (χ4n) is 2.45. The minimum Gasteiger partial charge on any atom is -0.391 e. The molecule has 0 aliphatic heterocycles. The number of nitrogen functional groups attached to an aromatic ring is 1. The van der Waals surface area contributed by atoms with Crippen LogP contribution in [-0.2, 0) is 16.4 Å². The van der Waals surface area contributed by atoms with Crippen molar-refractivity contribution in [1.29, 1.82) is 0 Å². The molecule has 0 spiro atoms. The summed E-state index contributed by atoms with van der Waals surface area (Å²) in [5.41, 5.74) is 7.25. The van der Waals surface area contributed by atoms with E-state index in [0.29, 0.717) is 6.42 Å². The van der Waals surface area contributed by atoms with E-state index in [-0.39, 0.29) is 10.7 Å². The Balaban J connectivity index is 1.94. The molecule has 1 heterocycles. The number of rotatable bonds is 3. The number of nitrogens with one attached hydrogen (secondary N) is 2. The Labute approximate surface area is 115 Å². The number of nitrogens with zero attached hydrogens (tertiary/aromatic N) is 1. The lowest BCUT2D eigenvalue weighted by Gasteiger charge is -2.17. The molecule has 0 radical (unpaired) electrons. The molecule has 1 aromatic heterocycles. The summed E-state index contributed by atoms with van der Waals surface area (Å²) in [4.78, 5) is -0.117. The van der Waals surface area contributed by atoms with Gasteiger partial charge in [-0.05, 0) is 11.1 Å². The van der Waals surface area contributed by atoms with Crippen molar-refractivity contribution in [2.24, 2.45) is 0 Å². The zero-order valence-electron chi connectivity index (χ0n) is 10.4. The Morgan fingerprint density at radius 2 is 2.15 bits per heavy atom. The summed E-state index contributed by atoms with van der Waals surface area (Å²) in [5.74, 6) is -0.0294. The summed E-state index contributed by atoms with van der Waals surface area (Å²) in [5, 5.41) is 16.0. The fraction of sp³-hybridized carbons (Fsp3) is 0.250. The minimum absolute atomic E-state index is 0.0294. The molecule has 7 nitrogen and oxygen atoms in total. The largest absolute Gasteiger partial charge is 0.391 e. The first-order valence-electron chi connectivity index (χ1n) is 6.06. The molecule has 0 unspecified atom stereocenters. The van der Waals surface area contributed by atoms with Crippen LogP contribution in [0.15, 0.2) is 35.4 Å². The lowest BCUT2D eigenvalue weighted by Crippen LogP contribution is -2.34. The second kappa shape index (κ2) is 4.58. The van der Waals surface area contributed by atoms with Gasteiger partial charge < -0.3 is 10.8 Å². The molecule has 20 heavy (non-hydrogen) atoms. The second-order valence-corrected chi connectivity index (χ2v) is 6.40. The number of hydrogen-bond donors (Lipinski definition) is 4. The van der Waals surface area contributed by atoms with Crippen molar-refractivity contribution in [3.63, 3.8) is 0 Å². The highest BCUT2D eigenvalue weighted by atomic mass is 32.2. The molecule has 1 aliphatic rings. The zero-order chi connectivity index (χ0) is 14.3. The van der Waals surface area contributed by atoms with Crippen LogP contribution in [0.4, 0.5) is 5.82 Å². The lowest BCUT2D eigenvalue weighted by atomic mass is 10.1. The number of aliphatic hydroxyl groups is 1. The van der Waals surface area contributed by atoms with Gasteiger partial charge in [0.15, 0.2) is 0 Å². The van der Waals surface area contributed by atoms with E-state index in [1.54, 1.807) is 6.07 Å². The topological polar surface area (TPSA) is 121 Å². The van der Waals surface area contributed by atoms with E-state index >= 15 is 0 Å². The summed E-state index contributed by atoms with van der Waals surface area (Å²) in [6, 6.07) is 6.67. The second-order valence-electron chi connectivity index (χ2n) is 4.72. The number of hydrogen-bond acceptors (Lipinski definition) is 5. The van der Waals surface area contributed by atoms with Crippen molar-refractivity contribution in [1.82, 2.24) is 14.9 Å². The van der Waals surface area contributed by atoms with Crippen molar-refractivity contribution in [2.75, 3.05) is 5.73 Å². The third-order valence-corrected chi connectivity index (χ3v) is 4.88. The third-order valence-electron chi connectivity index (χ3n) is 3.41. The van der Waals surface area contributed by atoms with Crippen LogP contribution >= 0.6 is 0 Å². The van der Waals surface area contributed by atoms with Gasteiger partial charge in [-0.25, -0.2) is 13.1 Å². The molecular formula is C12H14N4O3S. The molecule has 0 fully saturated rings. The SMILES string of the molecule is Nc1[nH]ncc1S(=O)(=O)N[C@H]1c2ccccc2C[C@H]1O. The van der Waals surface area contributed by atoms with Gasteiger partial charge in [0, 0.05) is 6.42 Å². The normalized spacial score (nSPS) is 21.9. The number of sulfonamides is 1. The Hall–Kier alpha value is -1.90. The molecule has 2 atom stereocenters. The molecule has 1 aromatic carbocycles. The predicted molar refractivity (Wildman–Crippen MR) is 72.2 cm³/mol. The smallest absolute Gasteiger partial charge is 0.246 e. The molecule has 3 rings (SSSR count). The Morgan fingerprint density at radius 3 is 2.85 bits per heavy atom. The minimum atomic E-state index is -3.84. The molecule has 1 aliphatic carbocycles. The summed E-state index contributed by atoms with van der Waals surface area (Å²) < 4.78 is 27.0. The first-order valence-corrected chi connectivity index (χ1v) is 7.54. The van der Waals surface area contributed by atoms with Gasteiger partial charge in [-0.1, -0.05) is 24.3 Å². The first-order chi connectivity index (χ1) is 9.49. The van der Waals surface area contributed by atoms with Gasteiger partial charge in [0.2, 0.25) is 10.0 Å². The van der Waals surface area contributed by atoms with Gasteiger partial charge in [-0.3, -0.25) is 5.10 Å². The van der Waals surface area contributed by atoms with Crippen molar-refractivity contribution in [3.05, 3.63) is 41.6 Å². The van der Waals surface area contributed by atoms with Crippen LogP contribution in [0.25, 0.3) is 0 Å². The molecule has 0 bridgehead atoms. The van der Waals surface area contributed by atoms with Gasteiger partial charge >= 0.3 is 0 Å². The molecule has 2 aromatic rings. The highest BCUT2D eigenvalue weighted by Crippen LogP contribution is 2.32. The molecule has 0 amide bonds. The fourth-order valence-corrected chi connectivity index (χ4v) is 3.72. The number of benzene rings is 1. The number of nitrogens with two attached hydrogens (primary N) is 1. The van der Waals surface area contributed by atoms with Crippen molar-refractivity contribution < 1.29 is 13.5 Å². The van der Waals surface area contributed by atoms with Crippen LogP contribution in [0, 0.1) is 0 Å². The number of aromatic nitrogens is 2. The molecule has 0 saturated carbocycles. The lowest BCUT2D eigenvalue weighted by molar-refractivity contribution is 0.151. The average molecular weight is 294 g/mol. The number of H-pyrrole nitrogens is 1. The van der Waals surface area contributed by atoms with Crippen molar-refractivity contribution in [2.45, 2.75) is 23.5 Å². The monoisotopic (exact) mass is 294 g/mol. The summed E-state index contributed by atoms with van der Waals surface area (Å²) in [6.07, 6.45) is 0.769. The van der Waals surface area contributed by atoms with E-state index in [9.17, 15) is 13.5 Å². The Kier molecular flexibility index (Phi) is 3.00. The van der Waals surface area contributed by atoms with E-state index in [1.807, 2.05) is 18.2 Å². The van der Waals surface area contributed by atoms with Gasteiger partial charge in [-0.15, -0.1) is 0 Å². The van der Waals surface area contributed by atoms with E-state index in [0.717, 1.165) is 17.3 Å². The third kappa shape index (κ3) is 2.07. The van der Waals surface area contributed by atoms with Crippen LogP contribution in [-0.4, -0.2) is 29.8 Å². The first kappa shape index (κ1) is 13.1. The van der Waals surface area contributed by atoms with Gasteiger partial charge in [0.1, 0.15) is 10.7 Å². The molecule has 5 N–H and O–H groups in total. The van der Waals surface area contributed by atoms with Gasteiger partial charge in [0.05, 0.1) is 18.3 Å². The number of anilines is 1. The van der Waals surface area contributed by atoms with Crippen molar-refractivity contribution in [3.8, 4) is 0 Å². The predicted octanol–water partition coefficient (Wildman–Crippen LogP) is -0.0715. The van der Waals surface area contributed by atoms with E-state index in [1.165, 1.54) is 0 Å². The Morgan fingerprint density at radius 1 is 1.40 bits per heavy atom. The maximum atomic E-state index is 12.3. The summed E-state index contributed by atoms with van der Waals surface area (Å²) >= 11 is 0. The average Bonchev–Trinajstić information content (AvgIpc) is 2.95. The highest BCUT2D eigenvalue weighted by Gasteiger charge is 2.35. The van der Waals surface area contributed by atoms with Crippen LogP contribution in [0.3, 0.4) is 0 Å². The summed E-state index contributed by atoms with van der Waals surface area (Å²) in [7, 11) is -3.84. The van der Waals surface area contributed by atoms with Crippen LogP contribution in [0.5, 0.6) is 0 Å². The number of fused-ring (bicyclic) bond motifs is 1. The van der Waals surface area contributed by atoms with Crippen LogP contribution in [0.1, 0.15) is 17.2 Å². The number of aromatic amines is 1. The highest BCUT2D eigenvalue weighted by molar-refractivity contribution is 7.89. The summed E-state index contributed by atoms with van der Waals surface area (Å²) in [6.45, 7) is 0. The molecule has 0 saturated heterocycles. The molecule has 8 heteroatoms. The van der Waals surface area contributed by atoms with Crippen molar-refractivity contribution >= 4 is 15.8 Å².